The molecule has 18 heavy (non-hydrogen) atoms. The maximum absolute atomic E-state index is 6.12. The molecule has 0 aromatic heterocycles. The highest BCUT2D eigenvalue weighted by molar-refractivity contribution is 7.99. The first-order valence-electron chi connectivity index (χ1n) is 6.86. The molecule has 2 atom stereocenters. The van der Waals surface area contributed by atoms with Crippen LogP contribution in [0.2, 0.25) is 5.02 Å². The third-order valence-electron chi connectivity index (χ3n) is 3.51. The Balaban J connectivity index is 2.01. The maximum Gasteiger partial charge on any atom is 0.0410 e. The summed E-state index contributed by atoms with van der Waals surface area (Å²) in [5.74, 6) is 1.96. The van der Waals surface area contributed by atoms with E-state index in [1.54, 1.807) is 0 Å². The number of halogens is 1. The summed E-state index contributed by atoms with van der Waals surface area (Å²) >= 11 is 8.06. The van der Waals surface area contributed by atoms with Gasteiger partial charge in [0.25, 0.3) is 0 Å². The number of benzene rings is 1. The Morgan fingerprint density at radius 3 is 3.11 bits per heavy atom. The average Bonchev–Trinajstić information content (AvgIpc) is 2.36. The monoisotopic (exact) mass is 283 g/mol. The topological polar surface area (TPSA) is 12.0 Å². The van der Waals surface area contributed by atoms with Crippen LogP contribution in [0, 0.1) is 5.92 Å². The fourth-order valence-corrected chi connectivity index (χ4v) is 3.80. The van der Waals surface area contributed by atoms with E-state index in [9.17, 15) is 0 Å². The Bertz CT molecular complexity index is 394. The van der Waals surface area contributed by atoms with Gasteiger partial charge in [-0.25, -0.2) is 0 Å². The van der Waals surface area contributed by atoms with Crippen molar-refractivity contribution in [1.82, 2.24) is 5.32 Å². The van der Waals surface area contributed by atoms with Crippen LogP contribution < -0.4 is 5.32 Å². The molecular formula is C15H22ClNS. The summed E-state index contributed by atoms with van der Waals surface area (Å²) in [4.78, 5) is 1.39. The van der Waals surface area contributed by atoms with Crippen LogP contribution in [0.25, 0.3) is 0 Å². The zero-order chi connectivity index (χ0) is 13.0. The molecular weight excluding hydrogens is 262 g/mol. The molecule has 2 unspecified atom stereocenters. The lowest BCUT2D eigenvalue weighted by Crippen LogP contribution is -2.28. The van der Waals surface area contributed by atoms with Crippen LogP contribution in [0.5, 0.6) is 0 Å². The normalized spacial score (nSPS) is 20.5. The van der Waals surface area contributed by atoms with E-state index in [1.807, 2.05) is 17.8 Å². The van der Waals surface area contributed by atoms with E-state index in [0.717, 1.165) is 17.5 Å². The number of hydrogen-bond acceptors (Lipinski definition) is 2. The quantitative estimate of drug-likeness (QED) is 0.825. The van der Waals surface area contributed by atoms with Crippen molar-refractivity contribution in [2.75, 3.05) is 12.3 Å². The first kappa shape index (κ1) is 14.2. The Morgan fingerprint density at radius 2 is 2.33 bits per heavy atom. The highest BCUT2D eigenvalue weighted by Gasteiger charge is 2.20. The van der Waals surface area contributed by atoms with Crippen LogP contribution in [0.15, 0.2) is 23.1 Å². The minimum absolute atomic E-state index is 0.485. The number of hydrogen-bond donors (Lipinski definition) is 1. The first-order chi connectivity index (χ1) is 8.70. The van der Waals surface area contributed by atoms with Gasteiger partial charge in [-0.2, -0.15) is 0 Å². The van der Waals surface area contributed by atoms with E-state index in [1.165, 1.54) is 35.5 Å². The lowest BCUT2D eigenvalue weighted by molar-refractivity contribution is 0.421. The lowest BCUT2D eigenvalue weighted by atomic mass is 10.0. The highest BCUT2D eigenvalue weighted by Crippen LogP contribution is 2.37. The largest absolute Gasteiger partial charge is 0.310 e. The smallest absolute Gasteiger partial charge is 0.0410 e. The molecule has 100 valence electrons. The van der Waals surface area contributed by atoms with E-state index in [4.69, 9.17) is 11.6 Å². The van der Waals surface area contributed by atoms with Crippen molar-refractivity contribution in [3.63, 3.8) is 0 Å². The van der Waals surface area contributed by atoms with E-state index in [2.05, 4.69) is 31.3 Å². The third kappa shape index (κ3) is 3.66. The molecule has 0 bridgehead atoms. The molecule has 0 saturated heterocycles. The van der Waals surface area contributed by atoms with Gasteiger partial charge in [-0.1, -0.05) is 31.9 Å². The van der Waals surface area contributed by atoms with Crippen molar-refractivity contribution < 1.29 is 0 Å². The third-order valence-corrected chi connectivity index (χ3v) is 4.86. The van der Waals surface area contributed by atoms with E-state index in [0.29, 0.717) is 6.04 Å². The minimum atomic E-state index is 0.485. The zero-order valence-electron chi connectivity index (χ0n) is 11.2. The molecule has 1 aliphatic heterocycles. The van der Waals surface area contributed by atoms with Crippen LogP contribution in [-0.4, -0.2) is 12.3 Å². The van der Waals surface area contributed by atoms with Crippen molar-refractivity contribution >= 4 is 23.4 Å². The molecule has 1 N–H and O–H groups in total. The van der Waals surface area contributed by atoms with E-state index < -0.39 is 0 Å². The summed E-state index contributed by atoms with van der Waals surface area (Å²) in [6.07, 6.45) is 3.78. The second-order valence-electron chi connectivity index (χ2n) is 5.17. The Labute approximate surface area is 120 Å². The number of nitrogens with one attached hydrogen (secondary N) is 1. The summed E-state index contributed by atoms with van der Waals surface area (Å²) in [6, 6.07) is 6.77. The van der Waals surface area contributed by atoms with Gasteiger partial charge in [0.2, 0.25) is 0 Å². The predicted molar refractivity (Wildman–Crippen MR) is 81.6 cm³/mol. The van der Waals surface area contributed by atoms with Crippen molar-refractivity contribution in [2.24, 2.45) is 5.92 Å². The molecule has 0 spiro atoms. The SMILES string of the molecule is CCCC(C)CNC1CCSc2ccc(Cl)cc21. The van der Waals surface area contributed by atoms with Crippen LogP contribution >= 0.6 is 23.4 Å². The molecule has 2 rings (SSSR count). The molecule has 0 fully saturated rings. The summed E-state index contributed by atoms with van der Waals surface area (Å²) in [7, 11) is 0. The molecule has 1 heterocycles. The molecule has 1 nitrogen and oxygen atoms in total. The minimum Gasteiger partial charge on any atom is -0.310 e. The van der Waals surface area contributed by atoms with Crippen molar-refractivity contribution in [1.29, 1.82) is 0 Å². The summed E-state index contributed by atoms with van der Waals surface area (Å²) in [5.41, 5.74) is 1.39. The molecule has 1 aromatic rings. The Morgan fingerprint density at radius 1 is 1.50 bits per heavy atom. The Hall–Kier alpha value is -0.180. The van der Waals surface area contributed by atoms with E-state index in [-0.39, 0.29) is 0 Å². The number of thioether (sulfide) groups is 1. The van der Waals surface area contributed by atoms with Crippen molar-refractivity contribution in [3.05, 3.63) is 28.8 Å². The molecule has 1 aromatic carbocycles. The van der Waals surface area contributed by atoms with Gasteiger partial charge in [0, 0.05) is 16.0 Å². The summed E-state index contributed by atoms with van der Waals surface area (Å²) < 4.78 is 0. The fourth-order valence-electron chi connectivity index (χ4n) is 2.52. The van der Waals surface area contributed by atoms with Gasteiger partial charge in [-0.15, -0.1) is 11.8 Å². The van der Waals surface area contributed by atoms with Gasteiger partial charge in [-0.05, 0) is 54.8 Å². The molecule has 1 aliphatic rings. The number of rotatable bonds is 5. The standard InChI is InChI=1S/C15H22ClNS/c1-3-4-11(2)10-17-14-7-8-18-15-6-5-12(16)9-13(14)15/h5-6,9,11,14,17H,3-4,7-8,10H2,1-2H3. The van der Waals surface area contributed by atoms with Gasteiger partial charge < -0.3 is 5.32 Å². The molecule has 3 heteroatoms. The van der Waals surface area contributed by atoms with Crippen molar-refractivity contribution in [3.8, 4) is 0 Å². The van der Waals surface area contributed by atoms with Crippen molar-refractivity contribution in [2.45, 2.75) is 44.0 Å². The van der Waals surface area contributed by atoms with Gasteiger partial charge in [0.15, 0.2) is 0 Å². The molecule has 0 aliphatic carbocycles. The van der Waals surface area contributed by atoms with Crippen LogP contribution in [0.4, 0.5) is 0 Å². The molecule has 0 saturated carbocycles. The van der Waals surface area contributed by atoms with Gasteiger partial charge in [0.1, 0.15) is 0 Å². The number of fused-ring (bicyclic) bond motifs is 1. The van der Waals surface area contributed by atoms with Gasteiger partial charge in [-0.3, -0.25) is 0 Å². The lowest BCUT2D eigenvalue weighted by Gasteiger charge is -2.27. The summed E-state index contributed by atoms with van der Waals surface area (Å²) in [5, 5.41) is 4.57. The molecule has 0 radical (unpaired) electrons. The Kier molecular flexibility index (Phi) is 5.40. The maximum atomic E-state index is 6.12. The van der Waals surface area contributed by atoms with Crippen LogP contribution in [-0.2, 0) is 0 Å². The molecule has 0 amide bonds. The fraction of sp³-hybridized carbons (Fsp3) is 0.600. The van der Waals surface area contributed by atoms with Crippen LogP contribution in [0.3, 0.4) is 0 Å². The van der Waals surface area contributed by atoms with Crippen LogP contribution in [0.1, 0.15) is 44.7 Å². The average molecular weight is 284 g/mol. The summed E-state index contributed by atoms with van der Waals surface area (Å²) in [6.45, 7) is 5.69. The van der Waals surface area contributed by atoms with Gasteiger partial charge >= 0.3 is 0 Å². The predicted octanol–water partition coefficient (Wildman–Crippen LogP) is 4.90. The second kappa shape index (κ2) is 6.83. The zero-order valence-corrected chi connectivity index (χ0v) is 12.8. The first-order valence-corrected chi connectivity index (χ1v) is 8.22. The highest BCUT2D eigenvalue weighted by atomic mass is 35.5. The van der Waals surface area contributed by atoms with E-state index >= 15 is 0 Å². The second-order valence-corrected chi connectivity index (χ2v) is 6.75. The van der Waals surface area contributed by atoms with Gasteiger partial charge in [0.05, 0.1) is 0 Å².